The first-order chi connectivity index (χ1) is 13.1. The third-order valence-corrected chi connectivity index (χ3v) is 5.92. The first-order valence-corrected chi connectivity index (χ1v) is 10.5. The molecule has 5 heteroatoms. The molecule has 1 N–H and O–H groups in total. The number of anilines is 1. The van der Waals surface area contributed by atoms with E-state index in [4.69, 9.17) is 0 Å². The minimum Gasteiger partial charge on any atom is -0.333 e. The van der Waals surface area contributed by atoms with E-state index in [9.17, 15) is 9.59 Å². The van der Waals surface area contributed by atoms with Crippen LogP contribution in [0.1, 0.15) is 63.4 Å². The van der Waals surface area contributed by atoms with Gasteiger partial charge >= 0.3 is 0 Å². The summed E-state index contributed by atoms with van der Waals surface area (Å²) in [5.74, 6) is 0.00554. The van der Waals surface area contributed by atoms with Gasteiger partial charge in [0.05, 0.1) is 6.54 Å². The summed E-state index contributed by atoms with van der Waals surface area (Å²) in [6.45, 7) is 1.69. The van der Waals surface area contributed by atoms with Crippen molar-refractivity contribution in [1.82, 2.24) is 9.80 Å². The van der Waals surface area contributed by atoms with Gasteiger partial charge in [0.2, 0.25) is 11.8 Å². The molecule has 148 valence electrons. The second kappa shape index (κ2) is 9.88. The van der Waals surface area contributed by atoms with Gasteiger partial charge in [-0.25, -0.2) is 0 Å². The van der Waals surface area contributed by atoms with E-state index in [1.165, 1.54) is 32.1 Å². The van der Waals surface area contributed by atoms with Crippen LogP contribution in [0, 0.1) is 0 Å². The van der Waals surface area contributed by atoms with Crippen LogP contribution >= 0.6 is 0 Å². The van der Waals surface area contributed by atoms with Crippen molar-refractivity contribution in [1.29, 1.82) is 0 Å². The van der Waals surface area contributed by atoms with Gasteiger partial charge in [-0.05, 0) is 44.4 Å². The molecule has 1 aliphatic heterocycles. The van der Waals surface area contributed by atoms with E-state index in [1.54, 1.807) is 4.90 Å². The fourth-order valence-electron chi connectivity index (χ4n) is 4.27. The maximum absolute atomic E-state index is 12.6. The number of hydrogen-bond acceptors (Lipinski definition) is 3. The molecule has 2 fully saturated rings. The Morgan fingerprint density at radius 1 is 1.11 bits per heavy atom. The number of carbonyl (C=O) groups excluding carboxylic acids is 2. The highest BCUT2D eigenvalue weighted by atomic mass is 16.2. The second-order valence-electron chi connectivity index (χ2n) is 8.04. The van der Waals surface area contributed by atoms with Gasteiger partial charge in [-0.15, -0.1) is 0 Å². The molecule has 1 aliphatic carbocycles. The number of hydrogen-bond donors (Lipinski definition) is 1. The van der Waals surface area contributed by atoms with Crippen LogP contribution in [0.4, 0.5) is 5.69 Å². The third-order valence-electron chi connectivity index (χ3n) is 5.92. The minimum atomic E-state index is -0.0991. The molecule has 1 aromatic rings. The molecule has 0 atom stereocenters. The number of benzene rings is 1. The van der Waals surface area contributed by atoms with Crippen molar-refractivity contribution in [3.63, 3.8) is 0 Å². The Balaban J connectivity index is 1.59. The zero-order valence-corrected chi connectivity index (χ0v) is 16.6. The summed E-state index contributed by atoms with van der Waals surface area (Å²) in [5.41, 5.74) is 2.01. The Morgan fingerprint density at radius 3 is 2.67 bits per heavy atom. The van der Waals surface area contributed by atoms with Crippen LogP contribution in [0.5, 0.6) is 0 Å². The van der Waals surface area contributed by atoms with E-state index in [1.807, 2.05) is 18.2 Å². The Labute approximate surface area is 163 Å². The number of nitrogens with zero attached hydrogens (tertiary/aromatic N) is 2. The zero-order chi connectivity index (χ0) is 19.1. The normalized spacial score (nSPS) is 19.2. The lowest BCUT2D eigenvalue weighted by Gasteiger charge is -2.31. The van der Waals surface area contributed by atoms with Crippen LogP contribution in [0.2, 0.25) is 0 Å². The maximum atomic E-state index is 12.6. The lowest BCUT2D eigenvalue weighted by Crippen LogP contribution is -2.38. The van der Waals surface area contributed by atoms with Crippen molar-refractivity contribution >= 4 is 17.5 Å². The van der Waals surface area contributed by atoms with Crippen molar-refractivity contribution in [3.05, 3.63) is 29.8 Å². The van der Waals surface area contributed by atoms with E-state index in [-0.39, 0.29) is 18.4 Å². The van der Waals surface area contributed by atoms with Crippen molar-refractivity contribution < 1.29 is 9.59 Å². The molecular formula is C22H33N3O2. The average molecular weight is 372 g/mol. The summed E-state index contributed by atoms with van der Waals surface area (Å²) >= 11 is 0. The van der Waals surface area contributed by atoms with Crippen LogP contribution in [0.25, 0.3) is 0 Å². The van der Waals surface area contributed by atoms with Gasteiger partial charge in [-0.1, -0.05) is 43.9 Å². The van der Waals surface area contributed by atoms with Gasteiger partial charge in [0, 0.05) is 31.2 Å². The molecule has 0 unspecified atom stereocenters. The summed E-state index contributed by atoms with van der Waals surface area (Å²) < 4.78 is 0. The van der Waals surface area contributed by atoms with Crippen molar-refractivity contribution in [3.8, 4) is 0 Å². The molecule has 1 heterocycles. The number of likely N-dealkylation sites (tertiary alicyclic amines) is 1. The van der Waals surface area contributed by atoms with E-state index in [0.29, 0.717) is 19.0 Å². The molecule has 5 nitrogen and oxygen atoms in total. The van der Waals surface area contributed by atoms with Crippen LogP contribution in [0.15, 0.2) is 24.3 Å². The van der Waals surface area contributed by atoms with E-state index < -0.39 is 0 Å². The fraction of sp³-hybridized carbons (Fsp3) is 0.636. The number of nitrogens with one attached hydrogen (secondary N) is 1. The number of carbonyl (C=O) groups is 2. The molecule has 0 radical (unpaired) electrons. The fourth-order valence-corrected chi connectivity index (χ4v) is 4.27. The summed E-state index contributed by atoms with van der Waals surface area (Å²) in [6.07, 6.45) is 10.1. The Hall–Kier alpha value is -1.88. The molecule has 1 saturated heterocycles. The molecule has 2 amide bonds. The topological polar surface area (TPSA) is 52.7 Å². The van der Waals surface area contributed by atoms with Gasteiger partial charge in [0.25, 0.3) is 0 Å². The minimum absolute atomic E-state index is 0.0991. The van der Waals surface area contributed by atoms with E-state index >= 15 is 0 Å². The average Bonchev–Trinajstić information content (AvgIpc) is 2.88. The zero-order valence-electron chi connectivity index (χ0n) is 16.6. The predicted molar refractivity (Wildman–Crippen MR) is 108 cm³/mol. The summed E-state index contributed by atoms with van der Waals surface area (Å²) in [7, 11) is 2.19. The first kappa shape index (κ1) is 19.9. The molecule has 3 rings (SSSR count). The maximum Gasteiger partial charge on any atom is 0.244 e. The van der Waals surface area contributed by atoms with Crippen LogP contribution < -0.4 is 5.32 Å². The first-order valence-electron chi connectivity index (χ1n) is 10.5. The second-order valence-corrected chi connectivity index (χ2v) is 8.04. The van der Waals surface area contributed by atoms with Gasteiger partial charge in [-0.3, -0.25) is 14.5 Å². The SMILES string of the molecule is CN(Cc1ccccc1NC(=O)CN1CCCCCC1=O)C1CCCCC1. The number of amides is 2. The highest BCUT2D eigenvalue weighted by molar-refractivity contribution is 5.95. The summed E-state index contributed by atoms with van der Waals surface area (Å²) in [4.78, 5) is 28.8. The largest absolute Gasteiger partial charge is 0.333 e. The molecule has 0 spiro atoms. The Bertz CT molecular complexity index is 640. The Morgan fingerprint density at radius 2 is 1.85 bits per heavy atom. The molecule has 0 bridgehead atoms. The van der Waals surface area contributed by atoms with Crippen molar-refractivity contribution in [2.24, 2.45) is 0 Å². The van der Waals surface area contributed by atoms with E-state index in [0.717, 1.165) is 37.1 Å². The van der Waals surface area contributed by atoms with E-state index in [2.05, 4.69) is 23.3 Å². The lowest BCUT2D eigenvalue weighted by molar-refractivity contribution is -0.134. The van der Waals surface area contributed by atoms with Crippen LogP contribution in [-0.2, 0) is 16.1 Å². The third kappa shape index (κ3) is 5.80. The van der Waals surface area contributed by atoms with Gasteiger partial charge in [0.1, 0.15) is 0 Å². The highest BCUT2D eigenvalue weighted by Gasteiger charge is 2.21. The van der Waals surface area contributed by atoms with Crippen LogP contribution in [-0.4, -0.2) is 47.8 Å². The number of rotatable bonds is 6. The monoisotopic (exact) mass is 371 g/mol. The van der Waals surface area contributed by atoms with Crippen molar-refractivity contribution in [2.45, 2.75) is 70.4 Å². The van der Waals surface area contributed by atoms with Gasteiger partial charge < -0.3 is 10.2 Å². The molecule has 2 aliphatic rings. The van der Waals surface area contributed by atoms with Crippen LogP contribution in [0.3, 0.4) is 0 Å². The molecular weight excluding hydrogens is 338 g/mol. The van der Waals surface area contributed by atoms with Gasteiger partial charge in [-0.2, -0.15) is 0 Å². The standard InChI is InChI=1S/C22H33N3O2/c1-24(19-11-4-2-5-12-19)16-18-10-7-8-13-20(18)23-21(26)17-25-15-9-3-6-14-22(25)27/h7-8,10,13,19H,2-6,9,11-12,14-17H2,1H3,(H,23,26). The van der Waals surface area contributed by atoms with Crippen molar-refractivity contribution in [2.75, 3.05) is 25.5 Å². The Kier molecular flexibility index (Phi) is 7.27. The highest BCUT2D eigenvalue weighted by Crippen LogP contribution is 2.25. The molecule has 0 aromatic heterocycles. The predicted octanol–water partition coefficient (Wildman–Crippen LogP) is 3.79. The quantitative estimate of drug-likeness (QED) is 0.828. The summed E-state index contributed by atoms with van der Waals surface area (Å²) in [6, 6.07) is 8.67. The molecule has 1 saturated carbocycles. The van der Waals surface area contributed by atoms with Gasteiger partial charge in [0.15, 0.2) is 0 Å². The molecule has 1 aromatic carbocycles. The number of para-hydroxylation sites is 1. The summed E-state index contributed by atoms with van der Waals surface area (Å²) in [5, 5.41) is 3.05. The lowest BCUT2D eigenvalue weighted by atomic mass is 9.94. The molecule has 27 heavy (non-hydrogen) atoms. The smallest absolute Gasteiger partial charge is 0.244 e.